The maximum absolute atomic E-state index is 13.4. The maximum atomic E-state index is 13.4. The largest absolute Gasteiger partial charge is 0.489 e. The van der Waals surface area contributed by atoms with Gasteiger partial charge >= 0.3 is 0 Å². The standard InChI is InChI=1S/C14H18FNO2.2C2H6/c1-10(17)4-5-12-6-13(15)8-14(7-12)18-11(2)9-16-3;2*1-2/h4-8,11,16H,9H2,1-3H3;2*1-2H3/b5-4+;;. The van der Waals surface area contributed by atoms with Crippen LogP contribution in [0.2, 0.25) is 0 Å². The van der Waals surface area contributed by atoms with Crippen LogP contribution < -0.4 is 10.1 Å². The third kappa shape index (κ3) is 11.0. The van der Waals surface area contributed by atoms with Gasteiger partial charge in [0.15, 0.2) is 5.78 Å². The van der Waals surface area contributed by atoms with Gasteiger partial charge in [-0.15, -0.1) is 0 Å². The van der Waals surface area contributed by atoms with Crippen molar-refractivity contribution in [2.45, 2.75) is 47.6 Å². The van der Waals surface area contributed by atoms with Crippen LogP contribution in [0, 0.1) is 5.82 Å². The number of nitrogens with one attached hydrogen (secondary N) is 1. The van der Waals surface area contributed by atoms with E-state index in [1.165, 1.54) is 25.1 Å². The number of halogens is 1. The van der Waals surface area contributed by atoms with Crippen molar-refractivity contribution in [2.24, 2.45) is 0 Å². The molecule has 1 unspecified atom stereocenters. The summed E-state index contributed by atoms with van der Waals surface area (Å²) in [5, 5.41) is 2.98. The average Bonchev–Trinajstić information content (AvgIpc) is 2.49. The quantitative estimate of drug-likeness (QED) is 0.788. The topological polar surface area (TPSA) is 38.3 Å². The van der Waals surface area contributed by atoms with E-state index >= 15 is 0 Å². The van der Waals surface area contributed by atoms with Gasteiger partial charge in [0.05, 0.1) is 0 Å². The van der Waals surface area contributed by atoms with Crippen LogP contribution in [0.15, 0.2) is 24.3 Å². The molecule has 0 aliphatic heterocycles. The number of hydrogen-bond donors (Lipinski definition) is 1. The van der Waals surface area contributed by atoms with Crippen molar-refractivity contribution in [1.82, 2.24) is 5.32 Å². The molecule has 0 saturated heterocycles. The van der Waals surface area contributed by atoms with Gasteiger partial charge in [-0.25, -0.2) is 4.39 Å². The molecule has 0 fully saturated rings. The number of ether oxygens (including phenoxy) is 1. The van der Waals surface area contributed by atoms with E-state index in [2.05, 4.69) is 5.32 Å². The molecule has 0 aromatic heterocycles. The first-order chi connectivity index (χ1) is 10.5. The van der Waals surface area contributed by atoms with Crippen molar-refractivity contribution in [3.05, 3.63) is 35.7 Å². The maximum Gasteiger partial charge on any atom is 0.152 e. The zero-order chi connectivity index (χ0) is 17.5. The molecule has 4 heteroatoms. The predicted octanol–water partition coefficient (Wildman–Crippen LogP) is 4.47. The van der Waals surface area contributed by atoms with Gasteiger partial charge in [0, 0.05) is 12.6 Å². The fourth-order valence-electron chi connectivity index (χ4n) is 1.52. The summed E-state index contributed by atoms with van der Waals surface area (Å²) in [4.78, 5) is 10.8. The molecule has 126 valence electrons. The van der Waals surface area contributed by atoms with E-state index in [0.29, 0.717) is 17.9 Å². The van der Waals surface area contributed by atoms with Crippen LogP contribution >= 0.6 is 0 Å². The monoisotopic (exact) mass is 311 g/mol. The van der Waals surface area contributed by atoms with Crippen LogP contribution in [0.5, 0.6) is 5.75 Å². The molecule has 0 heterocycles. The van der Waals surface area contributed by atoms with E-state index in [4.69, 9.17) is 4.74 Å². The minimum absolute atomic E-state index is 0.0542. The highest BCUT2D eigenvalue weighted by Gasteiger charge is 2.05. The van der Waals surface area contributed by atoms with Crippen molar-refractivity contribution >= 4 is 11.9 Å². The fraction of sp³-hybridized carbons (Fsp3) is 0.500. The molecule has 1 atom stereocenters. The van der Waals surface area contributed by atoms with Gasteiger partial charge in [0.25, 0.3) is 0 Å². The van der Waals surface area contributed by atoms with Gasteiger partial charge in [0.1, 0.15) is 17.7 Å². The molecule has 0 amide bonds. The Hall–Kier alpha value is -1.68. The Morgan fingerprint density at radius 2 is 1.86 bits per heavy atom. The lowest BCUT2D eigenvalue weighted by Crippen LogP contribution is -2.26. The van der Waals surface area contributed by atoms with Crippen LogP contribution in [-0.4, -0.2) is 25.5 Å². The number of benzene rings is 1. The summed E-state index contributed by atoms with van der Waals surface area (Å²) in [6.45, 7) is 12.0. The van der Waals surface area contributed by atoms with E-state index < -0.39 is 0 Å². The summed E-state index contributed by atoms with van der Waals surface area (Å²) >= 11 is 0. The Labute approximate surface area is 134 Å². The van der Waals surface area contributed by atoms with Crippen molar-refractivity contribution in [3.8, 4) is 5.75 Å². The van der Waals surface area contributed by atoms with Crippen LogP contribution in [0.1, 0.15) is 47.1 Å². The number of hydrogen-bond acceptors (Lipinski definition) is 3. The molecule has 0 spiro atoms. The number of rotatable bonds is 6. The van der Waals surface area contributed by atoms with Crippen molar-refractivity contribution in [3.63, 3.8) is 0 Å². The van der Waals surface area contributed by atoms with Crippen molar-refractivity contribution in [2.75, 3.05) is 13.6 Å². The summed E-state index contributed by atoms with van der Waals surface area (Å²) in [6.07, 6.45) is 2.91. The third-order valence-electron chi connectivity index (χ3n) is 2.23. The van der Waals surface area contributed by atoms with Crippen LogP contribution in [0.4, 0.5) is 4.39 Å². The lowest BCUT2D eigenvalue weighted by atomic mass is 10.2. The molecule has 0 saturated carbocycles. The Kier molecular flexibility index (Phi) is 14.7. The normalized spacial score (nSPS) is 10.9. The zero-order valence-corrected chi connectivity index (χ0v) is 14.9. The Morgan fingerprint density at radius 3 is 2.36 bits per heavy atom. The van der Waals surface area contributed by atoms with E-state index in [1.54, 1.807) is 12.1 Å². The van der Waals surface area contributed by atoms with Crippen LogP contribution in [0.25, 0.3) is 6.08 Å². The van der Waals surface area contributed by atoms with E-state index in [1.807, 2.05) is 41.7 Å². The zero-order valence-electron chi connectivity index (χ0n) is 14.9. The molecule has 0 radical (unpaired) electrons. The van der Waals surface area contributed by atoms with Gasteiger partial charge in [0.2, 0.25) is 0 Å². The minimum atomic E-state index is -0.382. The first kappa shape index (κ1) is 22.6. The lowest BCUT2D eigenvalue weighted by molar-refractivity contribution is -0.112. The van der Waals surface area contributed by atoms with E-state index in [-0.39, 0.29) is 17.7 Å². The number of carbonyl (C=O) groups excluding carboxylic acids is 1. The van der Waals surface area contributed by atoms with Gasteiger partial charge < -0.3 is 10.1 Å². The lowest BCUT2D eigenvalue weighted by Gasteiger charge is -2.14. The summed E-state index contributed by atoms with van der Waals surface area (Å²) in [5.41, 5.74) is 0.608. The summed E-state index contributed by atoms with van der Waals surface area (Å²) in [7, 11) is 1.83. The highest BCUT2D eigenvalue weighted by molar-refractivity contribution is 5.91. The third-order valence-corrected chi connectivity index (χ3v) is 2.23. The Balaban J connectivity index is 0. The molecule has 0 bridgehead atoms. The second kappa shape index (κ2) is 14.3. The molecule has 1 rings (SSSR count). The molecule has 1 N–H and O–H groups in total. The smallest absolute Gasteiger partial charge is 0.152 e. The predicted molar refractivity (Wildman–Crippen MR) is 92.8 cm³/mol. The number of ketones is 1. The second-order valence-corrected chi connectivity index (χ2v) is 4.15. The molecule has 0 aliphatic rings. The van der Waals surface area contributed by atoms with Crippen molar-refractivity contribution in [1.29, 1.82) is 0 Å². The average molecular weight is 311 g/mol. The summed E-state index contributed by atoms with van der Waals surface area (Å²) < 4.78 is 18.9. The van der Waals surface area contributed by atoms with Crippen LogP contribution in [0.3, 0.4) is 0 Å². The summed E-state index contributed by atoms with van der Waals surface area (Å²) in [6, 6.07) is 4.39. The molecule has 1 aromatic rings. The highest BCUT2D eigenvalue weighted by Crippen LogP contribution is 2.18. The van der Waals surface area contributed by atoms with E-state index in [9.17, 15) is 9.18 Å². The number of likely N-dealkylation sites (N-methyl/N-ethyl adjacent to an activating group) is 1. The Bertz CT molecular complexity index is 445. The molecule has 22 heavy (non-hydrogen) atoms. The molecular weight excluding hydrogens is 281 g/mol. The van der Waals surface area contributed by atoms with Crippen molar-refractivity contribution < 1.29 is 13.9 Å². The van der Waals surface area contributed by atoms with E-state index in [0.717, 1.165) is 0 Å². The number of carbonyl (C=O) groups is 1. The summed E-state index contributed by atoms with van der Waals surface area (Å²) in [5.74, 6) is -0.00130. The van der Waals surface area contributed by atoms with Gasteiger partial charge in [-0.2, -0.15) is 0 Å². The minimum Gasteiger partial charge on any atom is -0.489 e. The molecule has 3 nitrogen and oxygen atoms in total. The fourth-order valence-corrected chi connectivity index (χ4v) is 1.52. The second-order valence-electron chi connectivity index (χ2n) is 4.15. The SMILES string of the molecule is CC.CC.CNCC(C)Oc1cc(F)cc(/C=C/C(C)=O)c1. The van der Waals surface area contributed by atoms with Gasteiger partial charge in [-0.05, 0) is 44.7 Å². The first-order valence-electron chi connectivity index (χ1n) is 7.81. The Morgan fingerprint density at radius 1 is 1.27 bits per heavy atom. The molecule has 0 aliphatic carbocycles. The molecule has 1 aromatic carbocycles. The van der Waals surface area contributed by atoms with Crippen LogP contribution in [-0.2, 0) is 4.79 Å². The number of allylic oxidation sites excluding steroid dienone is 1. The first-order valence-corrected chi connectivity index (χ1v) is 7.81. The highest BCUT2D eigenvalue weighted by atomic mass is 19.1. The molecular formula is C18H30FNO2. The van der Waals surface area contributed by atoms with Gasteiger partial charge in [-0.1, -0.05) is 33.8 Å². The van der Waals surface area contributed by atoms with Gasteiger partial charge in [-0.3, -0.25) is 4.79 Å².